The van der Waals surface area contributed by atoms with E-state index in [1.54, 1.807) is 12.1 Å². The SMILES string of the molecule is CC1CN(c2ccc(N)cc2C(F)F)CC(CO)O1. The largest absolute Gasteiger partial charge is 0.399 e. The van der Waals surface area contributed by atoms with Crippen LogP contribution in [0.3, 0.4) is 0 Å². The third kappa shape index (κ3) is 3.13. The van der Waals surface area contributed by atoms with Crippen LogP contribution < -0.4 is 10.6 Å². The van der Waals surface area contributed by atoms with Gasteiger partial charge in [-0.15, -0.1) is 0 Å². The van der Waals surface area contributed by atoms with Crippen LogP contribution in [-0.4, -0.2) is 37.0 Å². The second-order valence-electron chi connectivity index (χ2n) is 4.78. The molecule has 0 bridgehead atoms. The maximum Gasteiger partial charge on any atom is 0.265 e. The lowest BCUT2D eigenvalue weighted by atomic mass is 10.1. The molecule has 1 aliphatic rings. The highest BCUT2D eigenvalue weighted by atomic mass is 19.3. The highest BCUT2D eigenvalue weighted by molar-refractivity contribution is 5.60. The van der Waals surface area contributed by atoms with E-state index >= 15 is 0 Å². The van der Waals surface area contributed by atoms with E-state index in [1.807, 2.05) is 11.8 Å². The van der Waals surface area contributed by atoms with Crippen molar-refractivity contribution < 1.29 is 18.6 Å². The van der Waals surface area contributed by atoms with Crippen molar-refractivity contribution in [3.8, 4) is 0 Å². The molecule has 0 aromatic heterocycles. The number of ether oxygens (including phenoxy) is 1. The summed E-state index contributed by atoms with van der Waals surface area (Å²) in [6.45, 7) is 2.64. The summed E-state index contributed by atoms with van der Waals surface area (Å²) in [5, 5.41) is 9.18. The Balaban J connectivity index is 2.30. The Kier molecular flexibility index (Phi) is 4.21. The first-order valence-corrected chi connectivity index (χ1v) is 6.20. The number of hydrogen-bond acceptors (Lipinski definition) is 4. The van der Waals surface area contributed by atoms with Gasteiger partial charge >= 0.3 is 0 Å². The monoisotopic (exact) mass is 272 g/mol. The number of nitrogens with zero attached hydrogens (tertiary/aromatic N) is 1. The number of rotatable bonds is 3. The molecule has 2 rings (SSSR count). The number of benzene rings is 1. The normalized spacial score (nSPS) is 23.9. The van der Waals surface area contributed by atoms with Gasteiger partial charge in [0.2, 0.25) is 0 Å². The van der Waals surface area contributed by atoms with Crippen molar-refractivity contribution in [3.05, 3.63) is 23.8 Å². The number of anilines is 2. The fraction of sp³-hybridized carbons (Fsp3) is 0.538. The Labute approximate surface area is 110 Å². The van der Waals surface area contributed by atoms with E-state index in [1.165, 1.54) is 6.07 Å². The lowest BCUT2D eigenvalue weighted by molar-refractivity contribution is -0.0422. The average Bonchev–Trinajstić information content (AvgIpc) is 2.37. The molecule has 106 valence electrons. The van der Waals surface area contributed by atoms with Crippen molar-refractivity contribution in [1.29, 1.82) is 0 Å². The van der Waals surface area contributed by atoms with Gasteiger partial charge < -0.3 is 20.5 Å². The van der Waals surface area contributed by atoms with Gasteiger partial charge in [-0.3, -0.25) is 0 Å². The van der Waals surface area contributed by atoms with E-state index < -0.39 is 6.43 Å². The highest BCUT2D eigenvalue weighted by Gasteiger charge is 2.27. The van der Waals surface area contributed by atoms with Gasteiger partial charge in [-0.2, -0.15) is 0 Å². The van der Waals surface area contributed by atoms with E-state index in [-0.39, 0.29) is 24.4 Å². The van der Waals surface area contributed by atoms with Gasteiger partial charge in [0.1, 0.15) is 0 Å². The maximum atomic E-state index is 13.1. The van der Waals surface area contributed by atoms with Crippen molar-refractivity contribution in [1.82, 2.24) is 0 Å². The maximum absolute atomic E-state index is 13.1. The minimum Gasteiger partial charge on any atom is -0.399 e. The number of nitrogens with two attached hydrogens (primary N) is 1. The quantitative estimate of drug-likeness (QED) is 0.824. The summed E-state index contributed by atoms with van der Waals surface area (Å²) in [6, 6.07) is 4.51. The molecule has 19 heavy (non-hydrogen) atoms. The first-order chi connectivity index (χ1) is 9.01. The molecule has 3 N–H and O–H groups in total. The zero-order chi connectivity index (χ0) is 14.0. The summed E-state index contributed by atoms with van der Waals surface area (Å²) in [6.07, 6.45) is -3.05. The molecule has 1 heterocycles. The van der Waals surface area contributed by atoms with Crippen molar-refractivity contribution in [2.24, 2.45) is 0 Å². The molecule has 1 aliphatic heterocycles. The predicted molar refractivity (Wildman–Crippen MR) is 69.4 cm³/mol. The van der Waals surface area contributed by atoms with Gasteiger partial charge in [0.25, 0.3) is 6.43 Å². The van der Waals surface area contributed by atoms with Crippen LogP contribution in [0.15, 0.2) is 18.2 Å². The van der Waals surface area contributed by atoms with Crippen LogP contribution in [0.2, 0.25) is 0 Å². The molecule has 0 radical (unpaired) electrons. The molecule has 0 spiro atoms. The Morgan fingerprint density at radius 3 is 2.84 bits per heavy atom. The van der Waals surface area contributed by atoms with E-state index in [9.17, 15) is 13.9 Å². The standard InChI is InChI=1S/C13H18F2N2O2/c1-8-5-17(6-10(7-18)19-8)12-3-2-9(16)4-11(12)13(14)15/h2-4,8,10,13,18H,5-7,16H2,1H3. The number of morpholine rings is 1. The van der Waals surface area contributed by atoms with E-state index in [4.69, 9.17) is 10.5 Å². The van der Waals surface area contributed by atoms with Crippen LogP contribution in [0, 0.1) is 0 Å². The second kappa shape index (κ2) is 5.71. The smallest absolute Gasteiger partial charge is 0.265 e. The average molecular weight is 272 g/mol. The number of nitrogen functional groups attached to an aromatic ring is 1. The van der Waals surface area contributed by atoms with E-state index in [0.29, 0.717) is 24.5 Å². The summed E-state index contributed by atoms with van der Waals surface area (Å²) >= 11 is 0. The molecule has 2 unspecified atom stereocenters. The number of halogens is 2. The summed E-state index contributed by atoms with van der Waals surface area (Å²) in [4.78, 5) is 1.82. The van der Waals surface area contributed by atoms with Gasteiger partial charge in [0.05, 0.1) is 18.8 Å². The number of aliphatic hydroxyl groups is 1. The third-order valence-corrected chi connectivity index (χ3v) is 3.16. The highest BCUT2D eigenvalue weighted by Crippen LogP contribution is 2.33. The molecule has 0 aliphatic carbocycles. The van der Waals surface area contributed by atoms with Crippen molar-refractivity contribution in [3.63, 3.8) is 0 Å². The van der Waals surface area contributed by atoms with Crippen molar-refractivity contribution >= 4 is 11.4 Å². The van der Waals surface area contributed by atoms with Crippen LogP contribution in [-0.2, 0) is 4.74 Å². The Bertz CT molecular complexity index is 443. The molecule has 1 aromatic rings. The van der Waals surface area contributed by atoms with Crippen molar-refractivity contribution in [2.45, 2.75) is 25.6 Å². The van der Waals surface area contributed by atoms with E-state index in [2.05, 4.69) is 0 Å². The summed E-state index contributed by atoms with van der Waals surface area (Å²) in [5.41, 5.74) is 6.26. The topological polar surface area (TPSA) is 58.7 Å². The van der Waals surface area contributed by atoms with Crippen LogP contribution >= 0.6 is 0 Å². The number of alkyl halides is 2. The zero-order valence-corrected chi connectivity index (χ0v) is 10.7. The predicted octanol–water partition coefficient (Wildman–Crippen LogP) is 1.79. The third-order valence-electron chi connectivity index (χ3n) is 3.16. The minimum absolute atomic E-state index is 0.0780. The van der Waals surface area contributed by atoms with Crippen LogP contribution in [0.5, 0.6) is 0 Å². The molecule has 4 nitrogen and oxygen atoms in total. The fourth-order valence-corrected chi connectivity index (χ4v) is 2.38. The van der Waals surface area contributed by atoms with Crippen LogP contribution in [0.4, 0.5) is 20.2 Å². The Morgan fingerprint density at radius 1 is 1.47 bits per heavy atom. The molecule has 2 atom stereocenters. The van der Waals surface area contributed by atoms with Gasteiger partial charge in [-0.05, 0) is 25.1 Å². The molecule has 0 amide bonds. The molecular weight excluding hydrogens is 254 g/mol. The van der Waals surface area contributed by atoms with Gasteiger partial charge in [0.15, 0.2) is 0 Å². The summed E-state index contributed by atoms with van der Waals surface area (Å²) in [7, 11) is 0. The first-order valence-electron chi connectivity index (χ1n) is 6.20. The lowest BCUT2D eigenvalue weighted by Crippen LogP contribution is -2.48. The molecule has 1 saturated heterocycles. The molecule has 6 heteroatoms. The fourth-order valence-electron chi connectivity index (χ4n) is 2.38. The van der Waals surface area contributed by atoms with Crippen LogP contribution in [0.25, 0.3) is 0 Å². The lowest BCUT2D eigenvalue weighted by Gasteiger charge is -2.38. The summed E-state index contributed by atoms with van der Waals surface area (Å²) in [5.74, 6) is 0. The molecular formula is C13H18F2N2O2. The van der Waals surface area contributed by atoms with Gasteiger partial charge in [-0.25, -0.2) is 8.78 Å². The Morgan fingerprint density at radius 2 is 2.21 bits per heavy atom. The minimum atomic E-state index is -2.58. The second-order valence-corrected chi connectivity index (χ2v) is 4.78. The number of aliphatic hydroxyl groups excluding tert-OH is 1. The number of hydrogen-bond donors (Lipinski definition) is 2. The van der Waals surface area contributed by atoms with Gasteiger partial charge in [-0.1, -0.05) is 0 Å². The summed E-state index contributed by atoms with van der Waals surface area (Å²) < 4.78 is 31.7. The van der Waals surface area contributed by atoms with E-state index in [0.717, 1.165) is 0 Å². The van der Waals surface area contributed by atoms with Crippen molar-refractivity contribution in [2.75, 3.05) is 30.3 Å². The molecule has 1 fully saturated rings. The zero-order valence-electron chi connectivity index (χ0n) is 10.7. The molecule has 1 aromatic carbocycles. The first kappa shape index (κ1) is 14.0. The van der Waals surface area contributed by atoms with Crippen LogP contribution in [0.1, 0.15) is 18.9 Å². The Hall–Kier alpha value is -1.40. The molecule has 0 saturated carbocycles. The van der Waals surface area contributed by atoms with Gasteiger partial charge in [0, 0.05) is 30.0 Å².